The topological polar surface area (TPSA) is 46.6 Å². The summed E-state index contributed by atoms with van der Waals surface area (Å²) in [5.74, 6) is 0. The van der Waals surface area contributed by atoms with Gasteiger partial charge in [0.15, 0.2) is 0 Å². The van der Waals surface area contributed by atoms with Crippen molar-refractivity contribution in [3.05, 3.63) is 0 Å². The summed E-state index contributed by atoms with van der Waals surface area (Å²) in [6.45, 7) is 4.58. The largest absolute Gasteiger partial charge is 0.449 e. The van der Waals surface area contributed by atoms with E-state index >= 15 is 0 Å². The molecule has 0 heterocycles. The first-order chi connectivity index (χ1) is 7.76. The van der Waals surface area contributed by atoms with E-state index in [0.29, 0.717) is 6.54 Å². The number of imide groups is 1. The monoisotopic (exact) mass is 228 g/mol. The van der Waals surface area contributed by atoms with E-state index < -0.39 is 6.09 Å². The van der Waals surface area contributed by atoms with Gasteiger partial charge in [0.1, 0.15) is 0 Å². The van der Waals surface area contributed by atoms with E-state index in [1.165, 1.54) is 19.3 Å². The zero-order valence-electron chi connectivity index (χ0n) is 10.3. The number of carbonyl (C=O) groups excluding carboxylic acids is 2. The van der Waals surface area contributed by atoms with Gasteiger partial charge in [0, 0.05) is 6.54 Å². The average Bonchev–Trinajstić information content (AvgIpc) is 2.28. The van der Waals surface area contributed by atoms with E-state index in [1.807, 2.05) is 0 Å². The van der Waals surface area contributed by atoms with Gasteiger partial charge in [0.2, 0.25) is 0 Å². The van der Waals surface area contributed by atoms with Gasteiger partial charge in [-0.1, -0.05) is 39.0 Å². The molecule has 4 nitrogen and oxygen atoms in total. The molecule has 4 heteroatoms. The van der Waals surface area contributed by atoms with Crippen molar-refractivity contribution in [2.24, 2.45) is 0 Å². The number of carbonyl (C=O) groups is 1. The minimum Gasteiger partial charge on any atom is -0.449 e. The zero-order valence-corrected chi connectivity index (χ0v) is 10.3. The van der Waals surface area contributed by atoms with E-state index in [1.54, 1.807) is 13.3 Å². The quantitative estimate of drug-likeness (QED) is 0.450. The molecule has 2 amide bonds. The Bertz CT molecular complexity index is 195. The summed E-state index contributed by atoms with van der Waals surface area (Å²) in [6, 6.07) is 0. The van der Waals surface area contributed by atoms with Crippen molar-refractivity contribution in [2.45, 2.75) is 52.4 Å². The van der Waals surface area contributed by atoms with Crippen LogP contribution >= 0.6 is 0 Å². The van der Waals surface area contributed by atoms with E-state index in [9.17, 15) is 9.59 Å². The molecule has 0 aliphatic carbocycles. The maximum atomic E-state index is 11.2. The summed E-state index contributed by atoms with van der Waals surface area (Å²) in [5.41, 5.74) is 0. The Morgan fingerprint density at radius 1 is 1.12 bits per heavy atom. The molecule has 0 bridgehead atoms. The fourth-order valence-electron chi connectivity index (χ4n) is 1.43. The number of nitrogens with zero attached hydrogens (tertiary/aromatic N) is 1. The highest BCUT2D eigenvalue weighted by Crippen LogP contribution is 2.05. The summed E-state index contributed by atoms with van der Waals surface area (Å²) in [5, 5.41) is 0. The third kappa shape index (κ3) is 7.26. The van der Waals surface area contributed by atoms with E-state index in [0.717, 1.165) is 24.2 Å². The van der Waals surface area contributed by atoms with Crippen LogP contribution in [0.15, 0.2) is 0 Å². The van der Waals surface area contributed by atoms with Gasteiger partial charge in [0.25, 0.3) is 0 Å². The standard InChI is InChI=1S/C12H22NO3/c1-3-5-6-7-8-9-10-13(11-14)12(15)16-4-2/h3-10H2,1-2H3. The van der Waals surface area contributed by atoms with Crippen LogP contribution in [0.3, 0.4) is 0 Å². The molecule has 93 valence electrons. The van der Waals surface area contributed by atoms with Crippen LogP contribution in [-0.2, 0) is 9.53 Å². The van der Waals surface area contributed by atoms with Gasteiger partial charge in [-0.05, 0) is 13.3 Å². The fourth-order valence-corrected chi connectivity index (χ4v) is 1.43. The molecule has 0 aliphatic heterocycles. The Labute approximate surface area is 98.0 Å². The van der Waals surface area contributed by atoms with Crippen LogP contribution in [0.2, 0.25) is 0 Å². The van der Waals surface area contributed by atoms with Gasteiger partial charge in [-0.3, -0.25) is 4.79 Å². The van der Waals surface area contributed by atoms with Crippen molar-refractivity contribution in [1.29, 1.82) is 0 Å². The lowest BCUT2D eigenvalue weighted by molar-refractivity contribution is 0.126. The van der Waals surface area contributed by atoms with Crippen LogP contribution in [0.1, 0.15) is 52.4 Å². The third-order valence-electron chi connectivity index (χ3n) is 2.33. The lowest BCUT2D eigenvalue weighted by Crippen LogP contribution is -2.31. The Hall–Kier alpha value is -1.06. The number of rotatable bonds is 9. The molecule has 0 aromatic carbocycles. The zero-order chi connectivity index (χ0) is 12.2. The number of hydrogen-bond acceptors (Lipinski definition) is 3. The lowest BCUT2D eigenvalue weighted by atomic mass is 10.1. The second-order valence-corrected chi connectivity index (χ2v) is 3.71. The van der Waals surface area contributed by atoms with E-state index in [2.05, 4.69) is 6.92 Å². The first kappa shape index (κ1) is 14.9. The second-order valence-electron chi connectivity index (χ2n) is 3.71. The van der Waals surface area contributed by atoms with Crippen molar-refractivity contribution in [2.75, 3.05) is 13.2 Å². The van der Waals surface area contributed by atoms with Gasteiger partial charge in [0.05, 0.1) is 6.61 Å². The molecule has 0 N–H and O–H groups in total. The van der Waals surface area contributed by atoms with Gasteiger partial charge < -0.3 is 4.74 Å². The molecule has 1 radical (unpaired) electrons. The second kappa shape index (κ2) is 10.5. The molecular formula is C12H22NO3. The minimum atomic E-state index is -0.592. The van der Waals surface area contributed by atoms with Gasteiger partial charge in [-0.15, -0.1) is 0 Å². The van der Waals surface area contributed by atoms with E-state index in [4.69, 9.17) is 4.74 Å². The van der Waals surface area contributed by atoms with Crippen LogP contribution in [0.4, 0.5) is 4.79 Å². The smallest absolute Gasteiger partial charge is 0.416 e. The van der Waals surface area contributed by atoms with Crippen LogP contribution < -0.4 is 0 Å². The molecule has 0 aromatic heterocycles. The summed E-state index contributed by atoms with van der Waals surface area (Å²) in [7, 11) is 0. The number of hydrogen-bond donors (Lipinski definition) is 0. The van der Waals surface area contributed by atoms with Crippen LogP contribution in [-0.4, -0.2) is 30.6 Å². The molecule has 16 heavy (non-hydrogen) atoms. The molecule has 0 spiro atoms. The molecule has 0 fully saturated rings. The Morgan fingerprint density at radius 3 is 2.31 bits per heavy atom. The highest BCUT2D eigenvalue weighted by Gasteiger charge is 2.13. The summed E-state index contributed by atoms with van der Waals surface area (Å²) >= 11 is 0. The first-order valence-electron chi connectivity index (χ1n) is 6.08. The minimum absolute atomic E-state index is 0.285. The number of amides is 2. The Morgan fingerprint density at radius 2 is 1.75 bits per heavy atom. The Balaban J connectivity index is 3.55. The first-order valence-corrected chi connectivity index (χ1v) is 6.08. The Kier molecular flexibility index (Phi) is 9.76. The summed E-state index contributed by atoms with van der Waals surface area (Å²) < 4.78 is 4.71. The molecule has 0 atom stereocenters. The van der Waals surface area contributed by atoms with Crippen molar-refractivity contribution >= 4 is 12.5 Å². The molecule has 0 unspecified atom stereocenters. The molecule has 0 saturated heterocycles. The van der Waals surface area contributed by atoms with Crippen molar-refractivity contribution in [1.82, 2.24) is 4.90 Å². The van der Waals surface area contributed by atoms with Gasteiger partial charge in [-0.2, -0.15) is 0 Å². The van der Waals surface area contributed by atoms with E-state index in [-0.39, 0.29) is 6.61 Å². The molecule has 0 saturated carbocycles. The van der Waals surface area contributed by atoms with Crippen LogP contribution in [0, 0.1) is 0 Å². The molecule has 0 aliphatic rings. The normalized spacial score (nSPS) is 9.88. The van der Waals surface area contributed by atoms with Crippen LogP contribution in [0.25, 0.3) is 0 Å². The van der Waals surface area contributed by atoms with Crippen molar-refractivity contribution < 1.29 is 14.3 Å². The summed E-state index contributed by atoms with van der Waals surface area (Å²) in [4.78, 5) is 22.6. The number of unbranched alkanes of at least 4 members (excludes halogenated alkanes) is 5. The molecule has 0 rings (SSSR count). The maximum Gasteiger partial charge on any atom is 0.416 e. The van der Waals surface area contributed by atoms with Gasteiger partial charge in [-0.25, -0.2) is 9.69 Å². The van der Waals surface area contributed by atoms with Crippen molar-refractivity contribution in [3.8, 4) is 0 Å². The highest BCUT2D eigenvalue weighted by molar-refractivity contribution is 5.80. The predicted octanol–water partition coefficient (Wildman–Crippen LogP) is 2.87. The molecule has 0 aromatic rings. The SMILES string of the molecule is CCCCCCCCN([C]=O)C(=O)OCC. The predicted molar refractivity (Wildman–Crippen MR) is 62.8 cm³/mol. The van der Waals surface area contributed by atoms with Crippen LogP contribution in [0.5, 0.6) is 0 Å². The van der Waals surface area contributed by atoms with Gasteiger partial charge >= 0.3 is 12.5 Å². The maximum absolute atomic E-state index is 11.2. The van der Waals surface area contributed by atoms with Crippen molar-refractivity contribution in [3.63, 3.8) is 0 Å². The third-order valence-corrected chi connectivity index (χ3v) is 2.33. The summed E-state index contributed by atoms with van der Waals surface area (Å²) in [6.07, 6.45) is 7.73. The highest BCUT2D eigenvalue weighted by atomic mass is 16.6. The lowest BCUT2D eigenvalue weighted by Gasteiger charge is -2.13. The fraction of sp³-hybridized carbons (Fsp3) is 0.833. The average molecular weight is 228 g/mol. The number of ether oxygens (including phenoxy) is 1. The molecular weight excluding hydrogens is 206 g/mol.